The number of amides is 2. The van der Waals surface area contributed by atoms with Crippen LogP contribution in [0.15, 0.2) is 48.5 Å². The van der Waals surface area contributed by atoms with Crippen LogP contribution in [0.25, 0.3) is 0 Å². The van der Waals surface area contributed by atoms with Crippen LogP contribution in [0.4, 0.5) is 24.0 Å². The normalized spacial score (nSPS) is 15.5. The molecule has 1 aliphatic rings. The summed E-state index contributed by atoms with van der Waals surface area (Å²) in [4.78, 5) is 30.8. The number of alkyl halides is 3. The highest BCUT2D eigenvalue weighted by molar-refractivity contribution is 7.16. The van der Waals surface area contributed by atoms with Crippen molar-refractivity contribution >= 4 is 34.0 Å². The lowest BCUT2D eigenvalue weighted by atomic mass is 9.90. The van der Waals surface area contributed by atoms with Gasteiger partial charge in [0.05, 0.1) is 11.6 Å². The molecule has 2 N–H and O–H groups in total. The minimum absolute atomic E-state index is 0.275. The number of hydrogen-bond donors (Lipinski definition) is 2. The Kier molecular flexibility index (Phi) is 6.37. The average molecular weight is 475 g/mol. The molecular formula is C23H20F3N3O3S. The topological polar surface area (TPSA) is 80.3 Å². The van der Waals surface area contributed by atoms with E-state index in [1.165, 1.54) is 23.5 Å². The minimum Gasteiger partial charge on any atom is -0.406 e. The van der Waals surface area contributed by atoms with Gasteiger partial charge in [0.2, 0.25) is 5.91 Å². The van der Waals surface area contributed by atoms with Crippen molar-refractivity contribution < 1.29 is 27.5 Å². The fourth-order valence-corrected chi connectivity index (χ4v) is 4.63. The van der Waals surface area contributed by atoms with Crippen molar-refractivity contribution in [3.63, 3.8) is 0 Å². The average Bonchev–Trinajstić information content (AvgIpc) is 3.17. The SMILES string of the molecule is Cc1ccc(C(=O)Nc2nc3c(s2)CCCC3C(=O)Nc2ccc(OC(F)(F)F)cc2)cc1. The number of aromatic nitrogens is 1. The number of fused-ring (bicyclic) bond motifs is 1. The summed E-state index contributed by atoms with van der Waals surface area (Å²) in [6, 6.07) is 12.1. The predicted octanol–water partition coefficient (Wildman–Crippen LogP) is 5.66. The number of carbonyl (C=O) groups is 2. The summed E-state index contributed by atoms with van der Waals surface area (Å²) in [7, 11) is 0. The number of anilines is 2. The third kappa shape index (κ3) is 5.70. The van der Waals surface area contributed by atoms with Gasteiger partial charge in [-0.2, -0.15) is 0 Å². The van der Waals surface area contributed by atoms with E-state index in [1.54, 1.807) is 12.1 Å². The zero-order valence-electron chi connectivity index (χ0n) is 17.5. The Morgan fingerprint density at radius 1 is 1.06 bits per heavy atom. The largest absolute Gasteiger partial charge is 0.573 e. The second-order valence-corrected chi connectivity index (χ2v) is 8.74. The van der Waals surface area contributed by atoms with Crippen molar-refractivity contribution in [2.24, 2.45) is 0 Å². The van der Waals surface area contributed by atoms with Crippen molar-refractivity contribution in [3.05, 3.63) is 70.2 Å². The summed E-state index contributed by atoms with van der Waals surface area (Å²) >= 11 is 1.35. The van der Waals surface area contributed by atoms with Crippen LogP contribution in [0.1, 0.15) is 45.3 Å². The molecule has 1 aromatic heterocycles. The molecule has 1 unspecified atom stereocenters. The van der Waals surface area contributed by atoms with E-state index in [1.807, 2.05) is 19.1 Å². The predicted molar refractivity (Wildman–Crippen MR) is 119 cm³/mol. The van der Waals surface area contributed by atoms with E-state index in [4.69, 9.17) is 0 Å². The maximum atomic E-state index is 12.9. The molecule has 0 spiro atoms. The summed E-state index contributed by atoms with van der Waals surface area (Å²) < 4.78 is 40.8. The van der Waals surface area contributed by atoms with Crippen LogP contribution in [0.2, 0.25) is 0 Å². The van der Waals surface area contributed by atoms with Gasteiger partial charge in [0.25, 0.3) is 5.91 Å². The van der Waals surface area contributed by atoms with Crippen LogP contribution in [0.5, 0.6) is 5.75 Å². The molecule has 10 heteroatoms. The molecule has 2 aromatic carbocycles. The van der Waals surface area contributed by atoms with Gasteiger partial charge in [-0.3, -0.25) is 14.9 Å². The summed E-state index contributed by atoms with van der Waals surface area (Å²) in [6.45, 7) is 1.94. The molecule has 1 aliphatic carbocycles. The molecule has 33 heavy (non-hydrogen) atoms. The molecular weight excluding hydrogens is 455 g/mol. The van der Waals surface area contributed by atoms with Gasteiger partial charge >= 0.3 is 6.36 Å². The number of nitrogens with one attached hydrogen (secondary N) is 2. The highest BCUT2D eigenvalue weighted by atomic mass is 32.1. The Bertz CT molecular complexity index is 1160. The number of halogens is 3. The Balaban J connectivity index is 1.44. The smallest absolute Gasteiger partial charge is 0.406 e. The van der Waals surface area contributed by atoms with Crippen molar-refractivity contribution in [1.29, 1.82) is 0 Å². The first-order chi connectivity index (χ1) is 15.7. The molecule has 2 amide bonds. The molecule has 6 nitrogen and oxygen atoms in total. The zero-order valence-corrected chi connectivity index (χ0v) is 18.3. The number of hydrogen-bond acceptors (Lipinski definition) is 5. The summed E-state index contributed by atoms with van der Waals surface area (Å²) in [6.07, 6.45) is -2.64. The number of ether oxygens (including phenoxy) is 1. The van der Waals surface area contributed by atoms with Crippen molar-refractivity contribution in [1.82, 2.24) is 4.98 Å². The standard InChI is InChI=1S/C23H20F3N3O3S/c1-13-5-7-14(8-6-13)20(30)29-22-28-19-17(3-2-4-18(19)33-22)21(31)27-15-9-11-16(12-10-15)32-23(24,25)26/h5-12,17H,2-4H2,1H3,(H,27,31)(H,28,29,30). The van der Waals surface area contributed by atoms with E-state index in [0.29, 0.717) is 28.5 Å². The summed E-state index contributed by atoms with van der Waals surface area (Å²) in [5.41, 5.74) is 2.54. The minimum atomic E-state index is -4.78. The van der Waals surface area contributed by atoms with Gasteiger partial charge in [0.1, 0.15) is 5.75 Å². The Morgan fingerprint density at radius 2 is 1.76 bits per heavy atom. The van der Waals surface area contributed by atoms with Gasteiger partial charge < -0.3 is 10.1 Å². The number of carbonyl (C=O) groups excluding carboxylic acids is 2. The zero-order chi connectivity index (χ0) is 23.6. The number of rotatable bonds is 5. The number of nitrogens with zero attached hydrogens (tertiary/aromatic N) is 1. The summed E-state index contributed by atoms with van der Waals surface area (Å²) in [5.74, 6) is -1.46. The van der Waals surface area contributed by atoms with Crippen LogP contribution < -0.4 is 15.4 Å². The molecule has 0 aliphatic heterocycles. The van der Waals surface area contributed by atoms with E-state index in [9.17, 15) is 22.8 Å². The molecule has 0 bridgehead atoms. The van der Waals surface area contributed by atoms with Crippen LogP contribution in [0, 0.1) is 6.92 Å². The van der Waals surface area contributed by atoms with Gasteiger partial charge in [-0.15, -0.1) is 24.5 Å². The lowest BCUT2D eigenvalue weighted by molar-refractivity contribution is -0.274. The lowest BCUT2D eigenvalue weighted by Crippen LogP contribution is -2.24. The highest BCUT2D eigenvalue weighted by Crippen LogP contribution is 2.37. The van der Waals surface area contributed by atoms with Crippen LogP contribution >= 0.6 is 11.3 Å². The number of thiazole rings is 1. The molecule has 0 fully saturated rings. The molecule has 0 radical (unpaired) electrons. The van der Waals surface area contributed by atoms with Gasteiger partial charge in [-0.1, -0.05) is 17.7 Å². The molecule has 0 saturated carbocycles. The first kappa shape index (κ1) is 22.8. The molecule has 3 aromatic rings. The van der Waals surface area contributed by atoms with E-state index in [-0.39, 0.29) is 17.6 Å². The first-order valence-corrected chi connectivity index (χ1v) is 11.0. The van der Waals surface area contributed by atoms with Crippen molar-refractivity contribution in [3.8, 4) is 5.75 Å². The maximum Gasteiger partial charge on any atom is 0.573 e. The Hall–Kier alpha value is -3.40. The monoisotopic (exact) mass is 475 g/mol. The molecule has 172 valence electrons. The third-order valence-electron chi connectivity index (χ3n) is 5.16. The van der Waals surface area contributed by atoms with Gasteiger partial charge in [0, 0.05) is 16.1 Å². The maximum absolute atomic E-state index is 12.9. The van der Waals surface area contributed by atoms with Crippen LogP contribution in [0.3, 0.4) is 0 Å². The van der Waals surface area contributed by atoms with Crippen LogP contribution in [-0.4, -0.2) is 23.2 Å². The van der Waals surface area contributed by atoms with E-state index < -0.39 is 12.3 Å². The number of aryl methyl sites for hydroxylation is 2. The Morgan fingerprint density at radius 3 is 2.42 bits per heavy atom. The van der Waals surface area contributed by atoms with E-state index in [2.05, 4.69) is 20.4 Å². The summed E-state index contributed by atoms with van der Waals surface area (Å²) in [5, 5.41) is 5.95. The lowest BCUT2D eigenvalue weighted by Gasteiger charge is -2.20. The van der Waals surface area contributed by atoms with Crippen LogP contribution in [-0.2, 0) is 11.2 Å². The molecule has 4 rings (SSSR count). The third-order valence-corrected chi connectivity index (χ3v) is 6.21. The highest BCUT2D eigenvalue weighted by Gasteiger charge is 2.32. The quantitative estimate of drug-likeness (QED) is 0.499. The van der Waals surface area contributed by atoms with Crippen molar-refractivity contribution in [2.75, 3.05) is 10.6 Å². The fourth-order valence-electron chi connectivity index (χ4n) is 3.57. The molecule has 1 heterocycles. The Labute approximate surface area is 191 Å². The first-order valence-electron chi connectivity index (χ1n) is 10.2. The van der Waals surface area contributed by atoms with E-state index in [0.717, 1.165) is 35.4 Å². The second kappa shape index (κ2) is 9.22. The molecule has 1 atom stereocenters. The second-order valence-electron chi connectivity index (χ2n) is 7.65. The fraction of sp³-hybridized carbons (Fsp3) is 0.261. The van der Waals surface area contributed by atoms with Gasteiger partial charge in [0.15, 0.2) is 5.13 Å². The van der Waals surface area contributed by atoms with Gasteiger partial charge in [-0.25, -0.2) is 4.98 Å². The number of benzene rings is 2. The van der Waals surface area contributed by atoms with Gasteiger partial charge in [-0.05, 0) is 62.6 Å². The molecule has 0 saturated heterocycles. The van der Waals surface area contributed by atoms with E-state index >= 15 is 0 Å². The van der Waals surface area contributed by atoms with Crippen molar-refractivity contribution in [2.45, 2.75) is 38.5 Å².